The number of likely N-dealkylation sites (tertiary alicyclic amines) is 1. The van der Waals surface area contributed by atoms with Gasteiger partial charge in [0.15, 0.2) is 0 Å². The predicted octanol–water partition coefficient (Wildman–Crippen LogP) is -0.468. The van der Waals surface area contributed by atoms with Crippen LogP contribution in [-0.2, 0) is 0 Å². The average Bonchev–Trinajstić information content (AvgIpc) is 2.26. The summed E-state index contributed by atoms with van der Waals surface area (Å²) in [5.41, 5.74) is -1.27. The summed E-state index contributed by atoms with van der Waals surface area (Å²) < 4.78 is 0. The first-order valence-electron chi connectivity index (χ1n) is 4.83. The molecule has 4 heteroatoms. The lowest BCUT2D eigenvalue weighted by atomic mass is 10.1. The SMILES string of the molecule is CCCCN1C[C@H](O)[C@H](O)[C@]1(C)O. The van der Waals surface area contributed by atoms with Crippen molar-refractivity contribution in [3.8, 4) is 0 Å². The smallest absolute Gasteiger partial charge is 0.144 e. The lowest BCUT2D eigenvalue weighted by Crippen LogP contribution is -2.48. The lowest BCUT2D eigenvalue weighted by Gasteiger charge is -2.31. The molecule has 1 rings (SSSR count). The number of unbranched alkanes of at least 4 members (excludes halogenated alkanes) is 1. The molecule has 1 heterocycles. The second-order valence-corrected chi connectivity index (χ2v) is 3.91. The molecule has 13 heavy (non-hydrogen) atoms. The fraction of sp³-hybridized carbons (Fsp3) is 1.00. The van der Waals surface area contributed by atoms with E-state index in [1.54, 1.807) is 11.8 Å². The van der Waals surface area contributed by atoms with E-state index in [0.29, 0.717) is 6.54 Å². The minimum absolute atomic E-state index is 0.355. The molecule has 0 spiro atoms. The Balaban J connectivity index is 2.56. The Morgan fingerprint density at radius 1 is 1.46 bits per heavy atom. The van der Waals surface area contributed by atoms with Crippen LogP contribution in [0.5, 0.6) is 0 Å². The third-order valence-electron chi connectivity index (χ3n) is 2.75. The van der Waals surface area contributed by atoms with Crippen LogP contribution in [0.4, 0.5) is 0 Å². The highest BCUT2D eigenvalue weighted by molar-refractivity contribution is 4.96. The monoisotopic (exact) mass is 189 g/mol. The zero-order valence-electron chi connectivity index (χ0n) is 8.27. The summed E-state index contributed by atoms with van der Waals surface area (Å²) in [6.07, 6.45) is 0.130. The van der Waals surface area contributed by atoms with Gasteiger partial charge in [0.1, 0.15) is 11.8 Å². The molecule has 78 valence electrons. The standard InChI is InChI=1S/C9H19NO3/c1-3-4-5-10-6-7(11)8(12)9(10,2)13/h7-8,11-13H,3-6H2,1-2H3/t7-,8-,9-/m0/s1. The molecular formula is C9H19NO3. The van der Waals surface area contributed by atoms with Gasteiger partial charge in [0, 0.05) is 13.1 Å². The van der Waals surface area contributed by atoms with Crippen LogP contribution >= 0.6 is 0 Å². The van der Waals surface area contributed by atoms with Crippen molar-refractivity contribution >= 4 is 0 Å². The highest BCUT2D eigenvalue weighted by Crippen LogP contribution is 2.27. The lowest BCUT2D eigenvalue weighted by molar-refractivity contribution is -0.136. The van der Waals surface area contributed by atoms with Crippen LogP contribution < -0.4 is 0 Å². The fourth-order valence-corrected chi connectivity index (χ4v) is 1.73. The second kappa shape index (κ2) is 3.92. The van der Waals surface area contributed by atoms with Gasteiger partial charge in [-0.3, -0.25) is 4.90 Å². The zero-order chi connectivity index (χ0) is 10.1. The minimum atomic E-state index is -1.27. The van der Waals surface area contributed by atoms with Crippen molar-refractivity contribution in [1.82, 2.24) is 4.90 Å². The highest BCUT2D eigenvalue weighted by Gasteiger charge is 2.47. The Labute approximate surface area is 78.8 Å². The maximum absolute atomic E-state index is 9.84. The van der Waals surface area contributed by atoms with Gasteiger partial charge in [0.2, 0.25) is 0 Å². The molecule has 0 amide bonds. The molecule has 0 saturated carbocycles. The zero-order valence-corrected chi connectivity index (χ0v) is 8.27. The van der Waals surface area contributed by atoms with Crippen molar-refractivity contribution < 1.29 is 15.3 Å². The van der Waals surface area contributed by atoms with E-state index in [4.69, 9.17) is 0 Å². The summed E-state index contributed by atoms with van der Waals surface area (Å²) in [5, 5.41) is 28.6. The summed E-state index contributed by atoms with van der Waals surface area (Å²) in [7, 11) is 0. The van der Waals surface area contributed by atoms with E-state index in [0.717, 1.165) is 19.4 Å². The van der Waals surface area contributed by atoms with E-state index in [9.17, 15) is 15.3 Å². The molecule has 3 atom stereocenters. The van der Waals surface area contributed by atoms with Gasteiger partial charge in [0.25, 0.3) is 0 Å². The highest BCUT2D eigenvalue weighted by atomic mass is 16.4. The van der Waals surface area contributed by atoms with Crippen molar-refractivity contribution in [3.05, 3.63) is 0 Å². The van der Waals surface area contributed by atoms with Crippen molar-refractivity contribution in [3.63, 3.8) is 0 Å². The molecule has 0 radical (unpaired) electrons. The molecule has 0 bridgehead atoms. The third-order valence-corrected chi connectivity index (χ3v) is 2.75. The predicted molar refractivity (Wildman–Crippen MR) is 49.1 cm³/mol. The Morgan fingerprint density at radius 3 is 2.46 bits per heavy atom. The van der Waals surface area contributed by atoms with Crippen molar-refractivity contribution in [2.24, 2.45) is 0 Å². The number of hydrogen-bond donors (Lipinski definition) is 3. The Bertz CT molecular complexity index is 172. The second-order valence-electron chi connectivity index (χ2n) is 3.91. The third kappa shape index (κ3) is 2.02. The molecule has 1 aliphatic rings. The van der Waals surface area contributed by atoms with Crippen molar-refractivity contribution in [2.75, 3.05) is 13.1 Å². The van der Waals surface area contributed by atoms with Gasteiger partial charge in [-0.25, -0.2) is 0 Å². The Kier molecular flexibility index (Phi) is 3.29. The normalized spacial score (nSPS) is 41.3. The summed E-state index contributed by atoms with van der Waals surface area (Å²) >= 11 is 0. The molecule has 1 aliphatic heterocycles. The van der Waals surface area contributed by atoms with E-state index in [-0.39, 0.29) is 0 Å². The molecule has 4 nitrogen and oxygen atoms in total. The minimum Gasteiger partial charge on any atom is -0.389 e. The van der Waals surface area contributed by atoms with E-state index >= 15 is 0 Å². The number of aliphatic hydroxyl groups excluding tert-OH is 2. The Hall–Kier alpha value is -0.160. The van der Waals surface area contributed by atoms with Gasteiger partial charge < -0.3 is 15.3 Å². The van der Waals surface area contributed by atoms with Crippen LogP contribution in [-0.4, -0.2) is 51.2 Å². The number of rotatable bonds is 3. The van der Waals surface area contributed by atoms with Crippen LogP contribution in [0.25, 0.3) is 0 Å². The van der Waals surface area contributed by atoms with Gasteiger partial charge in [-0.15, -0.1) is 0 Å². The summed E-state index contributed by atoms with van der Waals surface area (Å²) in [5.74, 6) is 0. The topological polar surface area (TPSA) is 63.9 Å². The van der Waals surface area contributed by atoms with E-state index in [2.05, 4.69) is 6.92 Å². The molecule has 0 aromatic heterocycles. The van der Waals surface area contributed by atoms with E-state index in [1.165, 1.54) is 0 Å². The first-order valence-corrected chi connectivity index (χ1v) is 4.83. The molecule has 0 aromatic rings. The summed E-state index contributed by atoms with van der Waals surface area (Å²) in [6, 6.07) is 0. The first-order chi connectivity index (χ1) is 6.00. The van der Waals surface area contributed by atoms with E-state index in [1.807, 2.05) is 0 Å². The maximum atomic E-state index is 9.84. The van der Waals surface area contributed by atoms with Gasteiger partial charge >= 0.3 is 0 Å². The largest absolute Gasteiger partial charge is 0.389 e. The molecule has 3 N–H and O–H groups in total. The maximum Gasteiger partial charge on any atom is 0.144 e. The molecule has 0 unspecified atom stereocenters. The van der Waals surface area contributed by atoms with E-state index < -0.39 is 17.9 Å². The van der Waals surface area contributed by atoms with Crippen LogP contribution in [0.2, 0.25) is 0 Å². The Morgan fingerprint density at radius 2 is 2.08 bits per heavy atom. The van der Waals surface area contributed by atoms with Gasteiger partial charge in [0.05, 0.1) is 6.10 Å². The number of hydrogen-bond acceptors (Lipinski definition) is 4. The van der Waals surface area contributed by atoms with Gasteiger partial charge in [-0.05, 0) is 13.3 Å². The molecule has 0 aromatic carbocycles. The van der Waals surface area contributed by atoms with Crippen LogP contribution in [0.1, 0.15) is 26.7 Å². The fourth-order valence-electron chi connectivity index (χ4n) is 1.73. The van der Waals surface area contributed by atoms with Gasteiger partial charge in [-0.1, -0.05) is 13.3 Å². The van der Waals surface area contributed by atoms with Crippen LogP contribution in [0.15, 0.2) is 0 Å². The molecule has 1 fully saturated rings. The average molecular weight is 189 g/mol. The molecule has 1 saturated heterocycles. The number of β-amino-alcohol motifs (C(OH)–C–C–N with tert-alkyl or cyclic N) is 1. The molecule has 0 aliphatic carbocycles. The van der Waals surface area contributed by atoms with Gasteiger partial charge in [-0.2, -0.15) is 0 Å². The number of aliphatic hydroxyl groups is 3. The van der Waals surface area contributed by atoms with Crippen LogP contribution in [0, 0.1) is 0 Å². The first kappa shape index (κ1) is 10.9. The van der Waals surface area contributed by atoms with Crippen molar-refractivity contribution in [1.29, 1.82) is 0 Å². The summed E-state index contributed by atoms with van der Waals surface area (Å²) in [6.45, 7) is 4.69. The molecular weight excluding hydrogens is 170 g/mol. The number of nitrogens with zero attached hydrogens (tertiary/aromatic N) is 1. The summed E-state index contributed by atoms with van der Waals surface area (Å²) in [4.78, 5) is 1.73. The quantitative estimate of drug-likeness (QED) is 0.562. The van der Waals surface area contributed by atoms with Crippen LogP contribution in [0.3, 0.4) is 0 Å². The van der Waals surface area contributed by atoms with Crippen molar-refractivity contribution in [2.45, 2.75) is 44.6 Å².